The minimum Gasteiger partial charge on any atom is -1.00 e. The Kier molecular flexibility index (Phi) is 6.48. The van der Waals surface area contributed by atoms with Crippen molar-refractivity contribution in [3.63, 3.8) is 0 Å². The predicted octanol–water partition coefficient (Wildman–Crippen LogP) is 1.38. The zero-order chi connectivity index (χ0) is 20.9. The van der Waals surface area contributed by atoms with Crippen LogP contribution in [0.3, 0.4) is 0 Å². The van der Waals surface area contributed by atoms with Crippen molar-refractivity contribution < 1.29 is 38.0 Å². The third-order valence-electron chi connectivity index (χ3n) is 7.33. The highest BCUT2D eigenvalue weighted by atomic mass is 127. The molecule has 31 heavy (non-hydrogen) atoms. The van der Waals surface area contributed by atoms with Gasteiger partial charge in [-0.3, -0.25) is 9.59 Å². The van der Waals surface area contributed by atoms with Crippen molar-refractivity contribution in [2.24, 2.45) is 0 Å². The molecule has 3 aliphatic rings. The molecule has 1 aliphatic carbocycles. The van der Waals surface area contributed by atoms with Crippen molar-refractivity contribution in [1.82, 2.24) is 4.90 Å². The topological polar surface area (TPSA) is 37.4 Å². The average Bonchev–Trinajstić information content (AvgIpc) is 3.31. The monoisotopic (exact) mass is 550 g/mol. The summed E-state index contributed by atoms with van der Waals surface area (Å²) >= 11 is 6.22. The molecule has 2 unspecified atom stereocenters. The van der Waals surface area contributed by atoms with Crippen LogP contribution in [-0.2, 0) is 11.2 Å². The van der Waals surface area contributed by atoms with Crippen LogP contribution in [0, 0.1) is 0 Å². The summed E-state index contributed by atoms with van der Waals surface area (Å²) < 4.78 is 1.01. The van der Waals surface area contributed by atoms with E-state index in [0.29, 0.717) is 17.1 Å². The maximum Gasteiger partial charge on any atom is 0.231 e. The van der Waals surface area contributed by atoms with Crippen LogP contribution in [0.1, 0.15) is 58.3 Å². The maximum atomic E-state index is 13.8. The Morgan fingerprint density at radius 2 is 1.87 bits per heavy atom. The van der Waals surface area contributed by atoms with Gasteiger partial charge in [0.2, 0.25) is 5.91 Å². The number of ketones is 1. The zero-order valence-electron chi connectivity index (χ0n) is 17.8. The molecule has 0 radical (unpaired) electrons. The average molecular weight is 551 g/mol. The zero-order valence-corrected chi connectivity index (χ0v) is 20.7. The third-order valence-corrected chi connectivity index (χ3v) is 7.57. The number of quaternary nitrogens is 1. The van der Waals surface area contributed by atoms with E-state index in [-0.39, 0.29) is 48.1 Å². The molecule has 5 rings (SSSR count). The van der Waals surface area contributed by atoms with Gasteiger partial charge in [-0.1, -0.05) is 35.9 Å². The number of carbonyl (C=O) groups excluding carboxylic acids is 2. The Balaban J connectivity index is 0.00000231. The first-order valence-corrected chi connectivity index (χ1v) is 11.4. The number of fused-ring (bicyclic) bond motifs is 2. The first-order valence-electron chi connectivity index (χ1n) is 11.0. The minimum absolute atomic E-state index is 0. The quantitative estimate of drug-likeness (QED) is 0.428. The standard InChI is InChI=1S/C25H28ClN2O2.HI/c1-28(12-4-5-13-28)16-23-19-7-3-2-6-17(19)10-11-27(23)25(30)22-15-24(29)20-9-8-18(26)14-21(20)22;/h2-3,6-9,14,22-23H,4-5,10-13,15-16H2,1H3;1H/q+1;/p-1. The van der Waals surface area contributed by atoms with Crippen molar-refractivity contribution in [2.45, 2.75) is 37.6 Å². The van der Waals surface area contributed by atoms with Gasteiger partial charge in [0, 0.05) is 36.4 Å². The van der Waals surface area contributed by atoms with Gasteiger partial charge in [-0.2, -0.15) is 0 Å². The molecule has 2 heterocycles. The van der Waals surface area contributed by atoms with E-state index in [1.807, 2.05) is 6.07 Å². The number of likely N-dealkylation sites (N-methyl/N-ethyl adjacent to an activating group) is 1. The van der Waals surface area contributed by atoms with Gasteiger partial charge in [0.15, 0.2) is 5.78 Å². The summed E-state index contributed by atoms with van der Waals surface area (Å²) in [6.45, 7) is 3.98. The largest absolute Gasteiger partial charge is 1.00 e. The molecule has 1 saturated heterocycles. The second kappa shape index (κ2) is 8.83. The number of halogens is 2. The van der Waals surface area contributed by atoms with Crippen molar-refractivity contribution in [2.75, 3.05) is 33.2 Å². The lowest BCUT2D eigenvalue weighted by molar-refractivity contribution is -0.900. The number of rotatable bonds is 3. The van der Waals surface area contributed by atoms with Crippen LogP contribution in [0.2, 0.25) is 5.02 Å². The highest BCUT2D eigenvalue weighted by molar-refractivity contribution is 6.31. The molecule has 4 nitrogen and oxygen atoms in total. The molecule has 1 amide bonds. The van der Waals surface area contributed by atoms with E-state index in [9.17, 15) is 9.59 Å². The number of benzene rings is 2. The second-order valence-electron chi connectivity index (χ2n) is 9.36. The Bertz CT molecular complexity index is 1020. The third kappa shape index (κ3) is 4.16. The Labute approximate surface area is 206 Å². The molecule has 0 saturated carbocycles. The van der Waals surface area contributed by atoms with Crippen LogP contribution >= 0.6 is 11.6 Å². The van der Waals surface area contributed by atoms with E-state index < -0.39 is 5.92 Å². The maximum absolute atomic E-state index is 13.8. The molecule has 0 bridgehead atoms. The number of nitrogens with zero attached hydrogens (tertiary/aromatic N) is 2. The SMILES string of the molecule is C[N+]1(CC2c3ccccc3CCN2C(=O)C2CC(=O)c3ccc(Cl)cc32)CCCC1.[I-]. The summed E-state index contributed by atoms with van der Waals surface area (Å²) in [6, 6.07) is 13.9. The van der Waals surface area contributed by atoms with Crippen molar-refractivity contribution in [3.8, 4) is 0 Å². The van der Waals surface area contributed by atoms with Crippen LogP contribution in [0.15, 0.2) is 42.5 Å². The molecular formula is C25H28ClIN2O2. The molecule has 2 aromatic rings. The first-order chi connectivity index (χ1) is 14.5. The lowest BCUT2D eigenvalue weighted by Gasteiger charge is -2.42. The molecule has 6 heteroatoms. The lowest BCUT2D eigenvalue weighted by atomic mass is 9.89. The number of hydrogen-bond acceptors (Lipinski definition) is 2. The number of hydrogen-bond donors (Lipinski definition) is 0. The molecule has 0 aromatic heterocycles. The highest BCUT2D eigenvalue weighted by Gasteiger charge is 2.43. The van der Waals surface area contributed by atoms with Crippen LogP contribution < -0.4 is 24.0 Å². The minimum atomic E-state index is -0.414. The predicted molar refractivity (Wildman–Crippen MR) is 118 cm³/mol. The van der Waals surface area contributed by atoms with Gasteiger partial charge in [-0.05, 0) is 41.3 Å². The van der Waals surface area contributed by atoms with Gasteiger partial charge >= 0.3 is 0 Å². The van der Waals surface area contributed by atoms with Crippen molar-refractivity contribution >= 4 is 23.3 Å². The van der Waals surface area contributed by atoms with Crippen LogP contribution in [-0.4, -0.2) is 54.3 Å². The molecule has 0 N–H and O–H groups in total. The summed E-state index contributed by atoms with van der Waals surface area (Å²) in [5, 5.41) is 0.580. The number of likely N-dealkylation sites (tertiary alicyclic amines) is 1. The molecule has 2 atom stereocenters. The first kappa shape index (κ1) is 22.7. The summed E-state index contributed by atoms with van der Waals surface area (Å²) in [6.07, 6.45) is 3.63. The van der Waals surface area contributed by atoms with E-state index in [4.69, 9.17) is 11.6 Å². The van der Waals surface area contributed by atoms with E-state index >= 15 is 0 Å². The van der Waals surface area contributed by atoms with Gasteiger partial charge in [0.25, 0.3) is 0 Å². The number of carbonyl (C=O) groups is 2. The van der Waals surface area contributed by atoms with E-state index in [1.54, 1.807) is 12.1 Å². The normalized spacial score (nSPS) is 23.8. The van der Waals surface area contributed by atoms with Gasteiger partial charge < -0.3 is 33.4 Å². The van der Waals surface area contributed by atoms with Gasteiger partial charge in [0.1, 0.15) is 12.6 Å². The molecule has 2 aliphatic heterocycles. The van der Waals surface area contributed by atoms with Crippen molar-refractivity contribution in [1.29, 1.82) is 0 Å². The Hall–Kier alpha value is -1.44. The van der Waals surface area contributed by atoms with Crippen LogP contribution in [0.5, 0.6) is 0 Å². The lowest BCUT2D eigenvalue weighted by Crippen LogP contribution is -3.00. The van der Waals surface area contributed by atoms with Crippen LogP contribution in [0.25, 0.3) is 0 Å². The molecule has 1 fully saturated rings. The highest BCUT2D eigenvalue weighted by Crippen LogP contribution is 2.40. The molecule has 0 spiro atoms. The summed E-state index contributed by atoms with van der Waals surface area (Å²) in [7, 11) is 2.32. The fourth-order valence-electron chi connectivity index (χ4n) is 5.71. The van der Waals surface area contributed by atoms with Gasteiger partial charge in [-0.25, -0.2) is 0 Å². The fraction of sp³-hybridized carbons (Fsp3) is 0.440. The van der Waals surface area contributed by atoms with E-state index in [1.165, 1.54) is 37.1 Å². The summed E-state index contributed by atoms with van der Waals surface area (Å²) in [4.78, 5) is 28.5. The van der Waals surface area contributed by atoms with E-state index in [2.05, 4.69) is 36.2 Å². The number of Topliss-reactive ketones (excluding diaryl/α,β-unsaturated/α-hetero) is 1. The summed E-state index contributed by atoms with van der Waals surface area (Å²) in [5.74, 6) is -0.287. The summed E-state index contributed by atoms with van der Waals surface area (Å²) in [5.41, 5.74) is 4.09. The smallest absolute Gasteiger partial charge is 0.231 e. The Morgan fingerprint density at radius 3 is 2.65 bits per heavy atom. The molecule has 2 aromatic carbocycles. The second-order valence-corrected chi connectivity index (χ2v) is 9.80. The van der Waals surface area contributed by atoms with Crippen LogP contribution in [0.4, 0.5) is 0 Å². The van der Waals surface area contributed by atoms with Gasteiger partial charge in [-0.15, -0.1) is 0 Å². The number of amides is 1. The molecule has 164 valence electrons. The van der Waals surface area contributed by atoms with E-state index in [0.717, 1.165) is 23.0 Å². The van der Waals surface area contributed by atoms with Crippen molar-refractivity contribution in [3.05, 3.63) is 69.7 Å². The fourth-order valence-corrected chi connectivity index (χ4v) is 5.89. The Morgan fingerprint density at radius 1 is 1.13 bits per heavy atom. The molecular weight excluding hydrogens is 523 g/mol. The van der Waals surface area contributed by atoms with Gasteiger partial charge in [0.05, 0.1) is 26.1 Å².